The van der Waals surface area contributed by atoms with E-state index < -0.39 is 0 Å². The van der Waals surface area contributed by atoms with Crippen molar-refractivity contribution in [2.45, 2.75) is 122 Å². The molecule has 3 aliphatic rings. The normalized spacial score (nSPS) is 19.3. The topological polar surface area (TPSA) is 102 Å². The van der Waals surface area contributed by atoms with Crippen LogP contribution < -0.4 is 10.2 Å². The van der Waals surface area contributed by atoms with Gasteiger partial charge in [0.25, 0.3) is 11.4 Å². The maximum Gasteiger partial charge on any atom is 0.269 e. The zero-order valence-electron chi connectivity index (χ0n) is 31.2. The molecule has 51 heavy (non-hydrogen) atoms. The molecule has 1 N–H and O–H groups in total. The van der Waals surface area contributed by atoms with Gasteiger partial charge in [-0.05, 0) is 86.1 Å². The molecule has 1 heterocycles. The summed E-state index contributed by atoms with van der Waals surface area (Å²) in [5.74, 6) is 1.14. The summed E-state index contributed by atoms with van der Waals surface area (Å²) in [5.41, 5.74) is 5.65. The van der Waals surface area contributed by atoms with E-state index >= 15 is 0 Å². The Morgan fingerprint density at radius 3 is 1.98 bits per heavy atom. The molecule has 0 aromatic heterocycles. The van der Waals surface area contributed by atoms with Crippen molar-refractivity contribution in [1.29, 1.82) is 0 Å². The van der Waals surface area contributed by atoms with Crippen LogP contribution >= 0.6 is 0 Å². The quantitative estimate of drug-likeness (QED) is 0.113. The Balaban J connectivity index is 1.36. The first-order valence-corrected chi connectivity index (χ1v) is 19.4. The van der Waals surface area contributed by atoms with Crippen molar-refractivity contribution in [2.24, 2.45) is 11.8 Å². The molecule has 2 aromatic rings. The molecule has 2 saturated carbocycles. The largest absolute Gasteiger partial charge is 0.385 e. The van der Waals surface area contributed by atoms with Crippen molar-refractivity contribution in [3.8, 4) is 0 Å². The molecular weight excluding hydrogens is 636 g/mol. The third-order valence-electron chi connectivity index (χ3n) is 11.4. The van der Waals surface area contributed by atoms with E-state index in [1.807, 2.05) is 24.3 Å². The van der Waals surface area contributed by atoms with Crippen molar-refractivity contribution in [1.82, 2.24) is 0 Å². The molecule has 0 radical (unpaired) electrons. The summed E-state index contributed by atoms with van der Waals surface area (Å²) >= 11 is 0. The number of fused-ring (bicyclic) bond motifs is 2. The monoisotopic (exact) mass is 694 g/mol. The second kappa shape index (κ2) is 17.3. The number of nitrogens with one attached hydrogen (secondary N) is 1. The van der Waals surface area contributed by atoms with E-state index in [0.29, 0.717) is 11.8 Å². The second-order valence-corrected chi connectivity index (χ2v) is 15.8. The highest BCUT2D eigenvalue weighted by molar-refractivity contribution is 5.73. The van der Waals surface area contributed by atoms with Gasteiger partial charge in [0.15, 0.2) is 0 Å². The van der Waals surface area contributed by atoms with Gasteiger partial charge >= 0.3 is 0 Å². The van der Waals surface area contributed by atoms with E-state index in [0.717, 1.165) is 106 Å². The van der Waals surface area contributed by atoms with Crippen molar-refractivity contribution in [2.75, 3.05) is 23.3 Å². The van der Waals surface area contributed by atoms with E-state index in [-0.39, 0.29) is 32.1 Å². The van der Waals surface area contributed by atoms with Crippen LogP contribution in [0.4, 0.5) is 22.7 Å². The number of non-ortho nitro benzene ring substituents is 2. The minimum absolute atomic E-state index is 0.130. The number of benzene rings is 2. The van der Waals surface area contributed by atoms with Crippen molar-refractivity contribution < 1.29 is 9.85 Å². The fraction of sp³-hybridized carbons (Fsp3) is 0.535. The average molecular weight is 695 g/mol. The fourth-order valence-electron chi connectivity index (χ4n) is 8.60. The molecule has 0 saturated heterocycles. The lowest BCUT2D eigenvalue weighted by atomic mass is 9.66. The zero-order chi connectivity index (χ0) is 36.4. The van der Waals surface area contributed by atoms with Crippen molar-refractivity contribution in [3.05, 3.63) is 116 Å². The van der Waals surface area contributed by atoms with Crippen LogP contribution in [-0.4, -0.2) is 22.9 Å². The molecule has 8 nitrogen and oxygen atoms in total. The summed E-state index contributed by atoms with van der Waals surface area (Å²) < 4.78 is 0. The van der Waals surface area contributed by atoms with E-state index in [1.54, 1.807) is 12.1 Å². The number of allylic oxidation sites excluding steroid dienone is 8. The number of nitro groups is 2. The van der Waals surface area contributed by atoms with Gasteiger partial charge in [0, 0.05) is 65.3 Å². The van der Waals surface area contributed by atoms with Gasteiger partial charge in [-0.15, -0.1) is 0 Å². The van der Waals surface area contributed by atoms with Gasteiger partial charge in [-0.2, -0.15) is 0 Å². The van der Waals surface area contributed by atoms with Gasteiger partial charge in [-0.25, -0.2) is 0 Å². The second-order valence-electron chi connectivity index (χ2n) is 15.8. The van der Waals surface area contributed by atoms with Crippen LogP contribution in [0.15, 0.2) is 84.6 Å². The predicted octanol–water partition coefficient (Wildman–Crippen LogP) is 11.9. The van der Waals surface area contributed by atoms with Crippen LogP contribution in [0.25, 0.3) is 0 Å². The minimum atomic E-state index is -0.272. The molecule has 0 amide bonds. The third kappa shape index (κ3) is 9.00. The van der Waals surface area contributed by atoms with Crippen LogP contribution in [0.1, 0.15) is 122 Å². The minimum Gasteiger partial charge on any atom is -0.385 e. The smallest absolute Gasteiger partial charge is 0.269 e. The number of hydrogen-bond acceptors (Lipinski definition) is 6. The van der Waals surface area contributed by atoms with Gasteiger partial charge in [-0.1, -0.05) is 103 Å². The summed E-state index contributed by atoms with van der Waals surface area (Å²) in [4.78, 5) is 25.5. The Bertz CT molecular complexity index is 1640. The van der Waals surface area contributed by atoms with Crippen LogP contribution in [0, 0.1) is 32.1 Å². The third-order valence-corrected chi connectivity index (χ3v) is 11.4. The van der Waals surface area contributed by atoms with Crippen LogP contribution in [0.5, 0.6) is 0 Å². The zero-order valence-corrected chi connectivity index (χ0v) is 31.2. The average Bonchev–Trinajstić information content (AvgIpc) is 3.35. The number of hydrogen-bond donors (Lipinski definition) is 1. The SMILES string of the molecule is CC(C)CCNc1ccc([N+](=O)[O-])cc1C1(C/C=C/C=C/C=C/C=C2/N(CCC(C)C)c3ccc([N+](=O)[O-])cc3C23CCCCC3)CCCCC1. The van der Waals surface area contributed by atoms with E-state index in [9.17, 15) is 20.2 Å². The Hall–Kier alpha value is -4.20. The highest BCUT2D eigenvalue weighted by Gasteiger charge is 2.48. The van der Waals surface area contributed by atoms with Crippen LogP contribution in [-0.2, 0) is 10.8 Å². The molecule has 2 aliphatic carbocycles. The first-order valence-electron chi connectivity index (χ1n) is 19.4. The lowest BCUT2D eigenvalue weighted by Crippen LogP contribution is -2.34. The van der Waals surface area contributed by atoms with Gasteiger partial charge in [-0.3, -0.25) is 20.2 Å². The highest BCUT2D eigenvalue weighted by Crippen LogP contribution is 2.56. The summed E-state index contributed by atoms with van der Waals surface area (Å²) in [7, 11) is 0. The maximum absolute atomic E-state index is 11.8. The molecule has 2 aromatic carbocycles. The summed E-state index contributed by atoms with van der Waals surface area (Å²) in [6.07, 6.45) is 28.8. The number of anilines is 2. The fourth-order valence-corrected chi connectivity index (χ4v) is 8.60. The number of rotatable bonds is 15. The van der Waals surface area contributed by atoms with Crippen molar-refractivity contribution in [3.63, 3.8) is 0 Å². The molecule has 1 aliphatic heterocycles. The highest BCUT2D eigenvalue weighted by atomic mass is 16.6. The van der Waals surface area contributed by atoms with E-state index in [1.165, 1.54) is 18.5 Å². The van der Waals surface area contributed by atoms with Gasteiger partial charge in [0.1, 0.15) is 0 Å². The first kappa shape index (κ1) is 38.0. The molecule has 274 valence electrons. The Labute approximate surface area is 305 Å². The summed E-state index contributed by atoms with van der Waals surface area (Å²) in [6, 6.07) is 10.8. The van der Waals surface area contributed by atoms with Crippen molar-refractivity contribution >= 4 is 22.7 Å². The molecule has 0 atom stereocenters. The molecule has 8 heteroatoms. The van der Waals surface area contributed by atoms with Crippen LogP contribution in [0.2, 0.25) is 0 Å². The first-order chi connectivity index (χ1) is 24.6. The van der Waals surface area contributed by atoms with E-state index in [4.69, 9.17) is 0 Å². The standard InChI is InChI=1S/C43H58N4O4/c1-33(2)22-29-44-39-20-18-35(46(48)49)31-37(39)42(25-13-9-14-26-42)24-12-8-6-5-7-11-17-41-43(27-15-10-16-28-43)38-32-36(47(50)51)19-21-40(38)45(41)30-23-34(3)4/h5-8,11-12,17-21,31-34,44H,9-10,13-16,22-30H2,1-4H3/b6-5+,11-7+,12-8+,41-17+. The molecule has 2 fully saturated rings. The van der Waals surface area contributed by atoms with Gasteiger partial charge in [0.05, 0.1) is 9.85 Å². The van der Waals surface area contributed by atoms with Gasteiger partial charge < -0.3 is 10.2 Å². The molecular formula is C43H58N4O4. The summed E-state index contributed by atoms with van der Waals surface area (Å²) in [5, 5.41) is 27.2. The molecule has 0 bridgehead atoms. The lowest BCUT2D eigenvalue weighted by Gasteiger charge is -2.38. The number of nitro benzene ring substituents is 2. The molecule has 5 rings (SSSR count). The Morgan fingerprint density at radius 1 is 0.745 bits per heavy atom. The number of nitrogens with zero attached hydrogens (tertiary/aromatic N) is 3. The Morgan fingerprint density at radius 2 is 1.33 bits per heavy atom. The van der Waals surface area contributed by atoms with Gasteiger partial charge in [0.2, 0.25) is 0 Å². The Kier molecular flexibility index (Phi) is 12.9. The molecule has 0 unspecified atom stereocenters. The lowest BCUT2D eigenvalue weighted by molar-refractivity contribution is -0.385. The van der Waals surface area contributed by atoms with Crippen LogP contribution in [0.3, 0.4) is 0 Å². The maximum atomic E-state index is 11.8. The molecule has 1 spiro atoms. The van der Waals surface area contributed by atoms with E-state index in [2.05, 4.69) is 80.4 Å². The summed E-state index contributed by atoms with van der Waals surface area (Å²) in [6.45, 7) is 10.7. The predicted molar refractivity (Wildman–Crippen MR) is 211 cm³/mol.